The van der Waals surface area contributed by atoms with Gasteiger partial charge in [0, 0.05) is 38.8 Å². The van der Waals surface area contributed by atoms with Crippen LogP contribution < -0.4 is 9.80 Å². The second kappa shape index (κ2) is 14.3. The molecule has 0 spiro atoms. The Morgan fingerprint density at radius 1 is 0.339 bits per heavy atom. The van der Waals surface area contributed by atoms with Gasteiger partial charge in [0.2, 0.25) is 0 Å². The summed E-state index contributed by atoms with van der Waals surface area (Å²) in [5.74, 6) is 0. The molecule has 0 aliphatic heterocycles. The van der Waals surface area contributed by atoms with Crippen LogP contribution in [-0.2, 0) is 4.66 Å². The second-order valence-corrected chi connectivity index (χ2v) is 30.1. The zero-order chi connectivity index (χ0) is 41.4. The lowest BCUT2D eigenvalue weighted by Gasteiger charge is -2.52. The summed E-state index contributed by atoms with van der Waals surface area (Å²) in [7, 11) is -4.03. The number of anilines is 6. The number of rotatable bonds is 8. The van der Waals surface area contributed by atoms with Gasteiger partial charge >= 0.3 is 0 Å². The molecule has 0 saturated carbocycles. The van der Waals surface area contributed by atoms with E-state index in [1.54, 1.807) is 11.1 Å². The minimum absolute atomic E-state index is 0.0355. The van der Waals surface area contributed by atoms with Gasteiger partial charge in [-0.1, -0.05) is 124 Å². The first kappa shape index (κ1) is 38.8. The van der Waals surface area contributed by atoms with Gasteiger partial charge in [0.1, 0.15) is 0 Å². The monoisotopic (exact) mass is 800 g/mol. The average Bonchev–Trinajstić information content (AvgIpc) is 3.51. The number of nitrogens with zero attached hydrogens (tertiary/aromatic N) is 2. The van der Waals surface area contributed by atoms with E-state index in [-0.39, 0.29) is 4.66 Å². The van der Waals surface area contributed by atoms with E-state index in [0.717, 1.165) is 11.4 Å². The number of fused-ring (bicyclic) bond motifs is 7. The Bertz CT molecular complexity index is 2660. The third kappa shape index (κ3) is 6.36. The Morgan fingerprint density at radius 2 is 0.695 bits per heavy atom. The highest BCUT2D eigenvalue weighted by molar-refractivity contribution is 7.00. The Kier molecular flexibility index (Phi) is 9.37. The van der Waals surface area contributed by atoms with E-state index in [1.165, 1.54) is 77.7 Å². The fourth-order valence-electron chi connectivity index (χ4n) is 11.1. The maximum absolute atomic E-state index is 2.64. The first-order valence-corrected chi connectivity index (χ1v) is 28.2. The van der Waals surface area contributed by atoms with E-state index in [4.69, 9.17) is 0 Å². The second-order valence-electron chi connectivity index (χ2n) is 19.1. The van der Waals surface area contributed by atoms with Gasteiger partial charge in [-0.2, -0.15) is 0 Å². The number of para-hydroxylation sites is 2. The molecule has 0 heterocycles. The third-order valence-corrected chi connectivity index (χ3v) is 22.8. The summed E-state index contributed by atoms with van der Waals surface area (Å²) in [6, 6.07) is 59.7. The Balaban J connectivity index is 1.27. The summed E-state index contributed by atoms with van der Waals surface area (Å²) in [4.78, 5) is 4.85. The molecular formula is C55H56N2Si2. The summed E-state index contributed by atoms with van der Waals surface area (Å²) in [6.07, 6.45) is 0. The van der Waals surface area contributed by atoms with Gasteiger partial charge in [0.15, 0.2) is 0 Å². The lowest BCUT2D eigenvalue weighted by molar-refractivity contribution is 0.972. The average molecular weight is 801 g/mol. The molecule has 4 heteroatoms. The van der Waals surface area contributed by atoms with Crippen LogP contribution in [0.4, 0.5) is 34.1 Å². The van der Waals surface area contributed by atoms with Crippen LogP contribution in [0, 0.1) is 27.7 Å². The molecule has 0 N–H and O–H groups in total. The molecule has 8 aromatic carbocycles. The van der Waals surface area contributed by atoms with Gasteiger partial charge in [0.05, 0.1) is 16.1 Å². The highest BCUT2D eigenvalue weighted by Gasteiger charge is 2.60. The number of benzene rings is 8. The normalized spacial score (nSPS) is 13.4. The molecule has 0 saturated heterocycles. The Morgan fingerprint density at radius 3 is 1.03 bits per heavy atom. The maximum Gasteiger partial charge on any atom is 0.0579 e. The van der Waals surface area contributed by atoms with Crippen LogP contribution in [0.3, 0.4) is 0 Å². The Hall–Kier alpha value is -5.69. The van der Waals surface area contributed by atoms with Crippen molar-refractivity contribution in [3.8, 4) is 11.1 Å². The van der Waals surface area contributed by atoms with Crippen molar-refractivity contribution in [3.05, 3.63) is 191 Å². The molecule has 0 aromatic heterocycles. The summed E-state index contributed by atoms with van der Waals surface area (Å²) in [5.41, 5.74) is 18.1. The van der Waals surface area contributed by atoms with Crippen LogP contribution in [0.1, 0.15) is 33.4 Å². The van der Waals surface area contributed by atoms with Gasteiger partial charge in [0.25, 0.3) is 0 Å². The topological polar surface area (TPSA) is 6.48 Å². The van der Waals surface area contributed by atoms with Gasteiger partial charge in [-0.15, -0.1) is 0 Å². The van der Waals surface area contributed by atoms with Gasteiger partial charge in [-0.3, -0.25) is 0 Å². The summed E-state index contributed by atoms with van der Waals surface area (Å²) in [5, 5.41) is 5.41. The molecule has 0 atom stereocenters. The van der Waals surface area contributed by atoms with E-state index in [0.29, 0.717) is 0 Å². The molecule has 1 aliphatic carbocycles. The minimum atomic E-state index is -2.01. The van der Waals surface area contributed by atoms with Crippen molar-refractivity contribution in [1.82, 2.24) is 0 Å². The lowest BCUT2D eigenvalue weighted by Crippen LogP contribution is -2.63. The molecular weight excluding hydrogens is 745 g/mol. The number of hydrogen-bond acceptors (Lipinski definition) is 2. The first-order chi connectivity index (χ1) is 28.2. The molecule has 0 unspecified atom stereocenters. The quantitative estimate of drug-likeness (QED) is 0.141. The zero-order valence-corrected chi connectivity index (χ0v) is 38.4. The van der Waals surface area contributed by atoms with Crippen LogP contribution in [0.15, 0.2) is 158 Å². The van der Waals surface area contributed by atoms with E-state index < -0.39 is 16.1 Å². The molecule has 0 amide bonds. The summed E-state index contributed by atoms with van der Waals surface area (Å²) < 4.78 is -0.0355. The van der Waals surface area contributed by atoms with Crippen LogP contribution >= 0.6 is 0 Å². The predicted molar refractivity (Wildman–Crippen MR) is 263 cm³/mol. The lowest BCUT2D eigenvalue weighted by atomic mass is 9.97. The largest absolute Gasteiger partial charge is 0.310 e. The SMILES string of the molecule is Cc1cc(C)cc(N(c2ccccc2)c2ccc3c4c(ccc3c2)-c2ccc3cc(N(c5ccccc5)c5cc(C)cc(C)c5)ccc3c2C4([Si](C)(C)C)[Si](C)(C)C)c1. The van der Waals surface area contributed by atoms with Gasteiger partial charge in [-0.05, 0) is 167 Å². The van der Waals surface area contributed by atoms with E-state index >= 15 is 0 Å². The zero-order valence-electron chi connectivity index (χ0n) is 36.4. The standard InChI is InChI=1S/C55H56N2Si2/c1-37-29-38(2)32-47(31-37)56(43-17-13-11-14-18-43)45-23-27-49-41(35-45)21-25-51-52-26-22-42-36-46(57(44-19-15-12-16-20-44)48-33-39(3)30-40(4)34-48)24-28-50(42)54(52)55(53(49)51,58(5,6)7)59(8,9)10/h11-36H,1-10H3. The van der Waals surface area contributed by atoms with Gasteiger partial charge < -0.3 is 9.80 Å². The fourth-order valence-corrected chi connectivity index (χ4v) is 24.2. The highest BCUT2D eigenvalue weighted by atomic mass is 28.4. The van der Waals surface area contributed by atoms with Crippen LogP contribution in [0.25, 0.3) is 32.7 Å². The first-order valence-electron chi connectivity index (χ1n) is 21.2. The smallest absolute Gasteiger partial charge is 0.0579 e. The van der Waals surface area contributed by atoms with Crippen molar-refractivity contribution in [2.24, 2.45) is 0 Å². The van der Waals surface area contributed by atoms with Crippen molar-refractivity contribution >= 4 is 71.8 Å². The minimum Gasteiger partial charge on any atom is -0.310 e. The fraction of sp³-hybridized carbons (Fsp3) is 0.200. The molecule has 8 aromatic rings. The number of hydrogen-bond donors (Lipinski definition) is 0. The maximum atomic E-state index is 2.64. The third-order valence-electron chi connectivity index (χ3n) is 12.8. The predicted octanol–water partition coefficient (Wildman–Crippen LogP) is 16.2. The van der Waals surface area contributed by atoms with Crippen LogP contribution in [0.5, 0.6) is 0 Å². The molecule has 0 fully saturated rings. The highest BCUT2D eigenvalue weighted by Crippen LogP contribution is 2.61. The van der Waals surface area contributed by atoms with E-state index in [1.807, 2.05) is 0 Å². The van der Waals surface area contributed by atoms with Crippen LogP contribution in [-0.4, -0.2) is 16.1 Å². The van der Waals surface area contributed by atoms with Crippen molar-refractivity contribution in [2.45, 2.75) is 71.6 Å². The molecule has 9 rings (SSSR count). The summed E-state index contributed by atoms with van der Waals surface area (Å²) >= 11 is 0. The molecule has 1 aliphatic rings. The number of aryl methyl sites for hydroxylation is 4. The van der Waals surface area contributed by atoms with E-state index in [9.17, 15) is 0 Å². The van der Waals surface area contributed by atoms with E-state index in [2.05, 4.69) is 235 Å². The molecule has 294 valence electrons. The van der Waals surface area contributed by atoms with Gasteiger partial charge in [-0.25, -0.2) is 0 Å². The van der Waals surface area contributed by atoms with Crippen molar-refractivity contribution < 1.29 is 0 Å². The molecule has 0 bridgehead atoms. The van der Waals surface area contributed by atoms with Crippen molar-refractivity contribution in [1.29, 1.82) is 0 Å². The molecule has 59 heavy (non-hydrogen) atoms. The summed E-state index contributed by atoms with van der Waals surface area (Å²) in [6.45, 7) is 24.6. The van der Waals surface area contributed by atoms with Crippen molar-refractivity contribution in [3.63, 3.8) is 0 Å². The molecule has 0 radical (unpaired) electrons. The Labute approximate surface area is 353 Å². The molecule has 2 nitrogen and oxygen atoms in total. The van der Waals surface area contributed by atoms with Crippen LogP contribution in [0.2, 0.25) is 39.3 Å². The van der Waals surface area contributed by atoms with Crippen molar-refractivity contribution in [2.75, 3.05) is 9.80 Å².